The maximum atomic E-state index is 14.1. The number of methoxy groups -OCH3 is 1. The van der Waals surface area contributed by atoms with Gasteiger partial charge in [0.2, 0.25) is 0 Å². The van der Waals surface area contributed by atoms with E-state index in [9.17, 15) is 9.59 Å². The molecule has 3 aromatic carbocycles. The van der Waals surface area contributed by atoms with E-state index in [0.717, 1.165) is 38.5 Å². The lowest BCUT2D eigenvalue weighted by molar-refractivity contribution is -0.114. The average Bonchev–Trinajstić information content (AvgIpc) is 3.37. The molecular formula is C30H25N3O3S. The topological polar surface area (TPSA) is 76.4 Å². The van der Waals surface area contributed by atoms with Crippen LogP contribution in [0.2, 0.25) is 0 Å². The summed E-state index contributed by atoms with van der Waals surface area (Å²) in [5, 5.41) is 2.99. The second-order valence-electron chi connectivity index (χ2n) is 9.25. The first-order valence-corrected chi connectivity index (χ1v) is 12.9. The lowest BCUT2D eigenvalue weighted by Crippen LogP contribution is -2.39. The van der Waals surface area contributed by atoms with Crippen LogP contribution in [0.5, 0.6) is 5.75 Å². The highest BCUT2D eigenvalue weighted by Gasteiger charge is 2.33. The van der Waals surface area contributed by atoms with Crippen molar-refractivity contribution < 1.29 is 9.53 Å². The molecule has 1 N–H and O–H groups in total. The number of carbonyl (C=O) groups is 1. The highest BCUT2D eigenvalue weighted by molar-refractivity contribution is 7.07. The molecule has 0 amide bonds. The molecule has 0 saturated heterocycles. The number of H-pyrrole nitrogens is 1. The number of aromatic amines is 1. The predicted molar refractivity (Wildman–Crippen MR) is 148 cm³/mol. The van der Waals surface area contributed by atoms with Crippen molar-refractivity contribution in [1.29, 1.82) is 0 Å². The van der Waals surface area contributed by atoms with Crippen molar-refractivity contribution in [3.05, 3.63) is 108 Å². The number of aryl methyl sites for hydroxylation is 1. The van der Waals surface area contributed by atoms with Crippen molar-refractivity contribution in [2.45, 2.75) is 26.8 Å². The molecule has 1 aliphatic heterocycles. The van der Waals surface area contributed by atoms with Crippen LogP contribution in [0, 0.1) is 6.92 Å². The SMILES string of the molecule is COc1ccc2ccccc2c1C1C(C(C)=O)=C(C)N=c2sc(=Cc3c(C)[nH]c4ccccc34)c(=O)n21. The van der Waals surface area contributed by atoms with E-state index in [1.807, 2.05) is 80.6 Å². The number of benzene rings is 3. The minimum Gasteiger partial charge on any atom is -0.496 e. The third kappa shape index (κ3) is 3.57. The Morgan fingerprint density at radius 1 is 1.05 bits per heavy atom. The van der Waals surface area contributed by atoms with E-state index in [4.69, 9.17) is 9.73 Å². The normalized spacial score (nSPS) is 15.8. The second kappa shape index (κ2) is 8.71. The van der Waals surface area contributed by atoms with Crippen molar-refractivity contribution in [1.82, 2.24) is 9.55 Å². The van der Waals surface area contributed by atoms with Gasteiger partial charge in [-0.05, 0) is 49.8 Å². The Hall–Kier alpha value is -4.23. The Bertz CT molecular complexity index is 1960. The molecule has 1 aliphatic rings. The number of nitrogens with zero attached hydrogens (tertiary/aromatic N) is 2. The van der Waals surface area contributed by atoms with Crippen LogP contribution in [0.15, 0.2) is 81.7 Å². The molecule has 6 nitrogen and oxygen atoms in total. The number of para-hydroxylation sites is 1. The van der Waals surface area contributed by atoms with Crippen LogP contribution in [0.3, 0.4) is 0 Å². The maximum absolute atomic E-state index is 14.1. The Balaban J connectivity index is 1.69. The first-order valence-electron chi connectivity index (χ1n) is 12.1. The molecule has 0 spiro atoms. The van der Waals surface area contributed by atoms with Crippen LogP contribution in [0.1, 0.15) is 36.7 Å². The van der Waals surface area contributed by atoms with Gasteiger partial charge in [-0.2, -0.15) is 0 Å². The first-order chi connectivity index (χ1) is 17.9. The molecule has 184 valence electrons. The molecule has 1 unspecified atom stereocenters. The van der Waals surface area contributed by atoms with Gasteiger partial charge >= 0.3 is 0 Å². The lowest BCUT2D eigenvalue weighted by Gasteiger charge is -2.27. The molecule has 0 saturated carbocycles. The molecule has 1 atom stereocenters. The van der Waals surface area contributed by atoms with Gasteiger partial charge in [0.05, 0.1) is 17.7 Å². The summed E-state index contributed by atoms with van der Waals surface area (Å²) in [7, 11) is 1.61. The summed E-state index contributed by atoms with van der Waals surface area (Å²) in [4.78, 5) is 35.8. The fourth-order valence-electron chi connectivity index (χ4n) is 5.39. The quantitative estimate of drug-likeness (QED) is 0.381. The van der Waals surface area contributed by atoms with Crippen LogP contribution in [-0.2, 0) is 4.79 Å². The van der Waals surface area contributed by atoms with Crippen LogP contribution in [0.25, 0.3) is 27.8 Å². The summed E-state index contributed by atoms with van der Waals surface area (Å²) in [5.74, 6) is 0.502. The number of carbonyl (C=O) groups excluding carboxylic acids is 1. The highest BCUT2D eigenvalue weighted by Crippen LogP contribution is 2.40. The number of rotatable bonds is 4. The number of allylic oxidation sites excluding steroid dienone is 2. The van der Waals surface area contributed by atoms with E-state index in [0.29, 0.717) is 26.4 Å². The number of aromatic nitrogens is 2. The predicted octanol–water partition coefficient (Wildman–Crippen LogP) is 4.78. The van der Waals surface area contributed by atoms with Crippen molar-refractivity contribution in [2.75, 3.05) is 7.11 Å². The molecule has 2 aromatic heterocycles. The number of thiazole rings is 1. The van der Waals surface area contributed by atoms with Gasteiger partial charge in [0.1, 0.15) is 5.75 Å². The third-order valence-corrected chi connectivity index (χ3v) is 8.03. The Kier molecular flexibility index (Phi) is 5.46. The molecule has 5 aromatic rings. The minimum absolute atomic E-state index is 0.122. The summed E-state index contributed by atoms with van der Waals surface area (Å²) in [6, 6.07) is 19.2. The molecule has 0 radical (unpaired) electrons. The Morgan fingerprint density at radius 3 is 2.54 bits per heavy atom. The summed E-state index contributed by atoms with van der Waals surface area (Å²) in [6.07, 6.45) is 1.93. The van der Waals surface area contributed by atoms with Gasteiger partial charge in [-0.25, -0.2) is 4.99 Å². The number of ketones is 1. The third-order valence-electron chi connectivity index (χ3n) is 7.04. The monoisotopic (exact) mass is 507 g/mol. The van der Waals surface area contributed by atoms with E-state index in [1.54, 1.807) is 11.7 Å². The summed E-state index contributed by atoms with van der Waals surface area (Å²) in [5.41, 5.74) is 4.70. The van der Waals surface area contributed by atoms with Crippen LogP contribution >= 0.6 is 11.3 Å². The molecular weight excluding hydrogens is 482 g/mol. The van der Waals surface area contributed by atoms with Gasteiger partial charge in [-0.1, -0.05) is 59.9 Å². The zero-order valence-electron chi connectivity index (χ0n) is 21.0. The summed E-state index contributed by atoms with van der Waals surface area (Å²) in [6.45, 7) is 5.37. The smallest absolute Gasteiger partial charge is 0.271 e. The van der Waals surface area contributed by atoms with Crippen LogP contribution in [0.4, 0.5) is 0 Å². The van der Waals surface area contributed by atoms with Gasteiger partial charge in [-0.3, -0.25) is 14.2 Å². The van der Waals surface area contributed by atoms with Gasteiger partial charge in [0, 0.05) is 39.0 Å². The number of ether oxygens (including phenoxy) is 1. The van der Waals surface area contributed by atoms with Crippen molar-refractivity contribution in [3.8, 4) is 5.75 Å². The van der Waals surface area contributed by atoms with Crippen LogP contribution in [-0.4, -0.2) is 22.4 Å². The van der Waals surface area contributed by atoms with E-state index in [1.165, 1.54) is 18.3 Å². The van der Waals surface area contributed by atoms with E-state index in [-0.39, 0.29) is 11.3 Å². The summed E-state index contributed by atoms with van der Waals surface area (Å²) >= 11 is 1.34. The number of nitrogens with one attached hydrogen (secondary N) is 1. The van der Waals surface area contributed by atoms with Crippen LogP contribution < -0.4 is 19.6 Å². The molecule has 3 heterocycles. The minimum atomic E-state index is -0.652. The van der Waals surface area contributed by atoms with Gasteiger partial charge in [-0.15, -0.1) is 0 Å². The molecule has 0 fully saturated rings. The average molecular weight is 508 g/mol. The second-order valence-corrected chi connectivity index (χ2v) is 10.3. The maximum Gasteiger partial charge on any atom is 0.271 e. The zero-order valence-corrected chi connectivity index (χ0v) is 21.8. The highest BCUT2D eigenvalue weighted by atomic mass is 32.1. The molecule has 0 bridgehead atoms. The van der Waals surface area contributed by atoms with Crippen molar-refractivity contribution in [2.24, 2.45) is 4.99 Å². The molecule has 0 aliphatic carbocycles. The van der Waals surface area contributed by atoms with E-state index >= 15 is 0 Å². The largest absolute Gasteiger partial charge is 0.496 e. The van der Waals surface area contributed by atoms with Gasteiger partial charge in [0.15, 0.2) is 10.6 Å². The zero-order chi connectivity index (χ0) is 25.8. The molecule has 6 rings (SSSR count). The molecule has 37 heavy (non-hydrogen) atoms. The Morgan fingerprint density at radius 2 is 1.78 bits per heavy atom. The first kappa shape index (κ1) is 23.2. The lowest BCUT2D eigenvalue weighted by atomic mass is 9.89. The molecule has 7 heteroatoms. The van der Waals surface area contributed by atoms with E-state index < -0.39 is 6.04 Å². The fraction of sp³-hybridized carbons (Fsp3) is 0.167. The van der Waals surface area contributed by atoms with Crippen molar-refractivity contribution >= 4 is 44.9 Å². The van der Waals surface area contributed by atoms with Crippen molar-refractivity contribution in [3.63, 3.8) is 0 Å². The number of hydrogen-bond donors (Lipinski definition) is 1. The number of hydrogen-bond acceptors (Lipinski definition) is 5. The van der Waals surface area contributed by atoms with Gasteiger partial charge < -0.3 is 9.72 Å². The standard InChI is InChI=1S/C30H25N3O3S/c1-16-22(21-11-7-8-12-23(21)31-16)15-25-29(35)33-28(26(18(3)34)17(2)32-30(33)37-25)27-20-10-6-5-9-19(20)13-14-24(27)36-4/h5-15,28,31H,1-4H3. The number of fused-ring (bicyclic) bond motifs is 3. The fourth-order valence-corrected chi connectivity index (χ4v) is 6.42. The summed E-state index contributed by atoms with van der Waals surface area (Å²) < 4.78 is 8.02. The Labute approximate surface area is 216 Å². The van der Waals surface area contributed by atoms with E-state index in [2.05, 4.69) is 4.98 Å². The van der Waals surface area contributed by atoms with Gasteiger partial charge in [0.25, 0.3) is 5.56 Å². The number of Topliss-reactive ketones (excluding diaryl/α,β-unsaturated/α-hetero) is 1.